The van der Waals surface area contributed by atoms with Crippen molar-refractivity contribution in [3.63, 3.8) is 0 Å². The monoisotopic (exact) mass is 429 g/mol. The van der Waals surface area contributed by atoms with Crippen molar-refractivity contribution in [2.75, 3.05) is 25.0 Å². The number of rotatable bonds is 4. The zero-order chi connectivity index (χ0) is 20.5. The van der Waals surface area contributed by atoms with Gasteiger partial charge in [0.1, 0.15) is 0 Å². The lowest BCUT2D eigenvalue weighted by Gasteiger charge is -2.38. The molecule has 2 heterocycles. The molecule has 2 aliphatic heterocycles. The van der Waals surface area contributed by atoms with Crippen molar-refractivity contribution in [3.8, 4) is 0 Å². The van der Waals surface area contributed by atoms with E-state index in [4.69, 9.17) is 23.2 Å². The molecular weight excluding hydrogens is 409 g/mol. The molecule has 0 radical (unpaired) electrons. The summed E-state index contributed by atoms with van der Waals surface area (Å²) in [6.45, 7) is 1.18. The number of aliphatic hydroxyl groups excluding tert-OH is 2. The maximum atomic E-state index is 12.5. The molecule has 0 aliphatic carbocycles. The average Bonchev–Trinajstić information content (AvgIpc) is 3.02. The van der Waals surface area contributed by atoms with Crippen LogP contribution in [0.15, 0.2) is 18.2 Å². The highest BCUT2D eigenvalue weighted by molar-refractivity contribution is 6.36. The van der Waals surface area contributed by atoms with Gasteiger partial charge in [-0.15, -0.1) is 0 Å². The molecule has 0 saturated carbocycles. The Bertz CT molecular complexity index is 795. The molecule has 2 atom stereocenters. The van der Waals surface area contributed by atoms with E-state index >= 15 is 0 Å². The second-order valence-corrected chi connectivity index (χ2v) is 7.96. The third kappa shape index (κ3) is 4.10. The summed E-state index contributed by atoms with van der Waals surface area (Å²) in [6.07, 6.45) is -2.19. The predicted molar refractivity (Wildman–Crippen MR) is 103 cm³/mol. The summed E-state index contributed by atoms with van der Waals surface area (Å²) in [5.41, 5.74) is -0.259. The third-order valence-corrected chi connectivity index (χ3v) is 5.96. The zero-order valence-corrected chi connectivity index (χ0v) is 16.5. The van der Waals surface area contributed by atoms with Crippen molar-refractivity contribution in [3.05, 3.63) is 28.2 Å². The van der Waals surface area contributed by atoms with Gasteiger partial charge in [0.2, 0.25) is 5.91 Å². The van der Waals surface area contributed by atoms with Crippen LogP contribution in [0.2, 0.25) is 10.0 Å². The summed E-state index contributed by atoms with van der Waals surface area (Å²) in [4.78, 5) is 38.0. The molecule has 2 saturated heterocycles. The topological polar surface area (TPSA) is 119 Å². The Morgan fingerprint density at radius 1 is 1.14 bits per heavy atom. The summed E-state index contributed by atoms with van der Waals surface area (Å²) in [6, 6.07) is 4.36. The van der Waals surface area contributed by atoms with Gasteiger partial charge in [-0.05, 0) is 37.5 Å². The first-order valence-corrected chi connectivity index (χ1v) is 9.68. The van der Waals surface area contributed by atoms with Crippen molar-refractivity contribution >= 4 is 46.6 Å². The van der Waals surface area contributed by atoms with Crippen LogP contribution >= 0.6 is 23.2 Å². The van der Waals surface area contributed by atoms with Crippen LogP contribution in [0.4, 0.5) is 5.69 Å². The van der Waals surface area contributed by atoms with Gasteiger partial charge in [-0.1, -0.05) is 23.2 Å². The Labute approximate surface area is 171 Å². The van der Waals surface area contributed by atoms with E-state index in [0.717, 1.165) is 6.42 Å². The predicted octanol–water partition coefficient (Wildman–Crippen LogP) is 0.782. The molecule has 0 unspecified atom stereocenters. The number of carbonyl (C=O) groups excluding carboxylic acids is 3. The fraction of sp³-hybridized carbons (Fsp3) is 0.500. The quantitative estimate of drug-likeness (QED) is 0.563. The van der Waals surface area contributed by atoms with E-state index in [1.54, 1.807) is 0 Å². The molecule has 152 valence electrons. The standard InChI is InChI=1S/C18H21Cl2N3O5/c19-10-1-2-12(11(20)9-10)22-15(26)13(24)14(25)16(27)23-7-4-18(5-8-23)3-6-21-17(18)28/h1-2,9,13-14,24-25H,3-8H2,(H,21,28)(H,22,26)/t13-,14-/m0/s1. The van der Waals surface area contributed by atoms with Crippen LogP contribution < -0.4 is 10.6 Å². The van der Waals surface area contributed by atoms with Crippen molar-refractivity contribution in [1.29, 1.82) is 0 Å². The molecule has 2 aliphatic rings. The van der Waals surface area contributed by atoms with Gasteiger partial charge in [0.05, 0.1) is 16.1 Å². The first kappa shape index (κ1) is 20.9. The number of carbonyl (C=O) groups is 3. The maximum Gasteiger partial charge on any atom is 0.256 e. The number of hydrogen-bond donors (Lipinski definition) is 4. The lowest BCUT2D eigenvalue weighted by Crippen LogP contribution is -2.53. The van der Waals surface area contributed by atoms with Gasteiger partial charge in [0.15, 0.2) is 12.2 Å². The summed E-state index contributed by atoms with van der Waals surface area (Å²) in [5, 5.41) is 26.0. The van der Waals surface area contributed by atoms with E-state index in [0.29, 0.717) is 24.4 Å². The minimum Gasteiger partial charge on any atom is -0.380 e. The molecule has 8 nitrogen and oxygen atoms in total. The van der Waals surface area contributed by atoms with Crippen LogP contribution in [0.5, 0.6) is 0 Å². The normalized spacial score (nSPS) is 20.6. The Morgan fingerprint density at radius 2 is 1.82 bits per heavy atom. The van der Waals surface area contributed by atoms with Gasteiger partial charge in [-0.2, -0.15) is 0 Å². The van der Waals surface area contributed by atoms with E-state index in [1.165, 1.54) is 23.1 Å². The highest BCUT2D eigenvalue weighted by Gasteiger charge is 2.46. The number of piperidine rings is 1. The first-order chi connectivity index (χ1) is 13.2. The fourth-order valence-corrected chi connectivity index (χ4v) is 4.07. The van der Waals surface area contributed by atoms with Crippen molar-refractivity contribution < 1.29 is 24.6 Å². The Morgan fingerprint density at radius 3 is 2.39 bits per heavy atom. The Balaban J connectivity index is 1.58. The summed E-state index contributed by atoms with van der Waals surface area (Å²) in [7, 11) is 0. The largest absolute Gasteiger partial charge is 0.380 e. The van der Waals surface area contributed by atoms with Gasteiger partial charge in [0.25, 0.3) is 11.8 Å². The van der Waals surface area contributed by atoms with Crippen molar-refractivity contribution in [2.45, 2.75) is 31.5 Å². The lowest BCUT2D eigenvalue weighted by molar-refractivity contribution is -0.154. The first-order valence-electron chi connectivity index (χ1n) is 8.93. The number of benzene rings is 1. The van der Waals surface area contributed by atoms with Crippen LogP contribution in [0.3, 0.4) is 0 Å². The minimum atomic E-state index is -1.97. The molecule has 1 aromatic carbocycles. The van der Waals surface area contributed by atoms with E-state index in [2.05, 4.69) is 10.6 Å². The molecular formula is C18H21Cl2N3O5. The highest BCUT2D eigenvalue weighted by Crippen LogP contribution is 2.38. The molecule has 10 heteroatoms. The summed E-state index contributed by atoms with van der Waals surface area (Å²) < 4.78 is 0. The molecule has 0 aromatic heterocycles. The summed E-state index contributed by atoms with van der Waals surface area (Å²) >= 11 is 11.7. The minimum absolute atomic E-state index is 0.000553. The Kier molecular flexibility index (Phi) is 6.14. The number of nitrogens with one attached hydrogen (secondary N) is 2. The lowest BCUT2D eigenvalue weighted by atomic mass is 9.77. The average molecular weight is 430 g/mol. The van der Waals surface area contributed by atoms with Crippen LogP contribution in [0.25, 0.3) is 0 Å². The van der Waals surface area contributed by atoms with Gasteiger partial charge in [-0.3, -0.25) is 14.4 Å². The van der Waals surface area contributed by atoms with E-state index in [9.17, 15) is 24.6 Å². The van der Waals surface area contributed by atoms with Crippen LogP contribution in [-0.4, -0.2) is 64.7 Å². The molecule has 1 aromatic rings. The van der Waals surface area contributed by atoms with E-state index in [-0.39, 0.29) is 29.7 Å². The number of nitrogens with zero attached hydrogens (tertiary/aromatic N) is 1. The number of amides is 3. The van der Waals surface area contributed by atoms with Crippen LogP contribution in [0.1, 0.15) is 19.3 Å². The Hall–Kier alpha value is -1.87. The number of anilines is 1. The highest BCUT2D eigenvalue weighted by atomic mass is 35.5. The molecule has 4 N–H and O–H groups in total. The molecule has 3 rings (SSSR count). The number of aliphatic hydroxyl groups is 2. The van der Waals surface area contributed by atoms with Gasteiger partial charge >= 0.3 is 0 Å². The van der Waals surface area contributed by atoms with Gasteiger partial charge in [0, 0.05) is 24.7 Å². The summed E-state index contributed by atoms with van der Waals surface area (Å²) in [5.74, 6) is -1.72. The van der Waals surface area contributed by atoms with Gasteiger partial charge in [-0.25, -0.2) is 0 Å². The van der Waals surface area contributed by atoms with Crippen molar-refractivity contribution in [2.24, 2.45) is 5.41 Å². The maximum absolute atomic E-state index is 12.5. The zero-order valence-electron chi connectivity index (χ0n) is 15.0. The molecule has 2 fully saturated rings. The molecule has 28 heavy (non-hydrogen) atoms. The molecule has 3 amide bonds. The third-order valence-electron chi connectivity index (χ3n) is 5.41. The number of halogens is 2. The smallest absolute Gasteiger partial charge is 0.256 e. The number of likely N-dealkylation sites (tertiary alicyclic amines) is 1. The van der Waals surface area contributed by atoms with Crippen molar-refractivity contribution in [1.82, 2.24) is 10.2 Å². The van der Waals surface area contributed by atoms with Gasteiger partial charge < -0.3 is 25.7 Å². The number of hydrogen-bond acceptors (Lipinski definition) is 5. The van der Waals surface area contributed by atoms with Crippen LogP contribution in [0, 0.1) is 5.41 Å². The van der Waals surface area contributed by atoms with E-state index < -0.39 is 29.4 Å². The molecule has 1 spiro atoms. The second kappa shape index (κ2) is 8.24. The molecule has 0 bridgehead atoms. The second-order valence-electron chi connectivity index (χ2n) is 7.11. The SMILES string of the molecule is O=C(Nc1ccc(Cl)cc1Cl)[C@@H](O)[C@H](O)C(=O)N1CCC2(CCNC2=O)CC1. The van der Waals surface area contributed by atoms with E-state index in [1.807, 2.05) is 0 Å². The van der Waals surface area contributed by atoms with Crippen LogP contribution in [-0.2, 0) is 14.4 Å². The fourth-order valence-electron chi connectivity index (χ4n) is 3.61.